The summed E-state index contributed by atoms with van der Waals surface area (Å²) in [6.07, 6.45) is 3.13. The maximum Gasteiger partial charge on any atom is 0.150 e. The summed E-state index contributed by atoms with van der Waals surface area (Å²) >= 11 is 3.09. The molecule has 88 valence electrons. The Morgan fingerprint density at radius 3 is 2.44 bits per heavy atom. The van der Waals surface area contributed by atoms with E-state index in [0.29, 0.717) is 4.47 Å². The van der Waals surface area contributed by atoms with E-state index in [4.69, 9.17) is 0 Å². The van der Waals surface area contributed by atoms with Gasteiger partial charge in [0, 0.05) is 17.1 Å². The van der Waals surface area contributed by atoms with Crippen LogP contribution in [0.15, 0.2) is 16.6 Å². The van der Waals surface area contributed by atoms with E-state index in [1.165, 1.54) is 12.1 Å². The summed E-state index contributed by atoms with van der Waals surface area (Å²) in [6, 6.07) is 2.85. The molecule has 0 bridgehead atoms. The fourth-order valence-corrected chi connectivity index (χ4v) is 2.64. The molecule has 1 aliphatic heterocycles. The highest BCUT2D eigenvalue weighted by molar-refractivity contribution is 9.10. The Balaban J connectivity index is 2.38. The SMILES string of the molecule is CC1CCCCN1c1c(F)cc(Br)cc1F. The smallest absolute Gasteiger partial charge is 0.150 e. The van der Waals surface area contributed by atoms with E-state index in [9.17, 15) is 8.78 Å². The Labute approximate surface area is 103 Å². The van der Waals surface area contributed by atoms with Crippen molar-refractivity contribution in [3.8, 4) is 0 Å². The lowest BCUT2D eigenvalue weighted by Gasteiger charge is -2.35. The molecule has 1 fully saturated rings. The van der Waals surface area contributed by atoms with Gasteiger partial charge in [-0.2, -0.15) is 0 Å². The molecule has 1 saturated heterocycles. The van der Waals surface area contributed by atoms with Crippen molar-refractivity contribution in [2.24, 2.45) is 0 Å². The van der Waals surface area contributed by atoms with Crippen LogP contribution in [0.3, 0.4) is 0 Å². The summed E-state index contributed by atoms with van der Waals surface area (Å²) < 4.78 is 28.0. The molecule has 16 heavy (non-hydrogen) atoms. The van der Waals surface area contributed by atoms with Gasteiger partial charge < -0.3 is 4.90 Å². The zero-order valence-electron chi connectivity index (χ0n) is 9.14. The number of nitrogens with zero attached hydrogens (tertiary/aromatic N) is 1. The molecule has 0 saturated carbocycles. The number of benzene rings is 1. The van der Waals surface area contributed by atoms with E-state index in [2.05, 4.69) is 15.9 Å². The number of anilines is 1. The van der Waals surface area contributed by atoms with Gasteiger partial charge in [-0.25, -0.2) is 8.78 Å². The largest absolute Gasteiger partial charge is 0.364 e. The average molecular weight is 290 g/mol. The standard InChI is InChI=1S/C12H14BrF2N/c1-8-4-2-3-5-16(8)12-10(14)6-9(13)7-11(12)15/h6-8H,2-5H2,1H3. The third kappa shape index (κ3) is 2.21. The second-order valence-electron chi connectivity index (χ2n) is 4.26. The Morgan fingerprint density at radius 1 is 1.25 bits per heavy atom. The molecule has 0 N–H and O–H groups in total. The Hall–Kier alpha value is -0.640. The summed E-state index contributed by atoms with van der Waals surface area (Å²) in [7, 11) is 0. The molecule has 1 aromatic rings. The molecule has 0 aromatic heterocycles. The maximum atomic E-state index is 13.8. The van der Waals surface area contributed by atoms with E-state index in [1.54, 1.807) is 0 Å². The molecule has 0 amide bonds. The summed E-state index contributed by atoms with van der Waals surface area (Å²) in [5.41, 5.74) is 0.121. The van der Waals surface area contributed by atoms with Crippen LogP contribution in [-0.4, -0.2) is 12.6 Å². The van der Waals surface area contributed by atoms with Gasteiger partial charge in [-0.05, 0) is 38.3 Å². The number of rotatable bonds is 1. The summed E-state index contributed by atoms with van der Waals surface area (Å²) in [5, 5.41) is 0. The molecule has 4 heteroatoms. The molecule has 0 spiro atoms. The molecule has 1 aliphatic rings. The van der Waals surface area contributed by atoms with Gasteiger partial charge in [-0.1, -0.05) is 15.9 Å². The van der Waals surface area contributed by atoms with Crippen LogP contribution in [0.4, 0.5) is 14.5 Å². The fraction of sp³-hybridized carbons (Fsp3) is 0.500. The quantitative estimate of drug-likeness (QED) is 0.752. The summed E-state index contributed by atoms with van der Waals surface area (Å²) in [6.45, 7) is 2.75. The minimum atomic E-state index is -0.486. The maximum absolute atomic E-state index is 13.8. The van der Waals surface area contributed by atoms with Crippen molar-refractivity contribution < 1.29 is 8.78 Å². The molecule has 2 rings (SSSR count). The first-order valence-corrected chi connectivity index (χ1v) is 6.30. The molecular weight excluding hydrogens is 276 g/mol. The molecule has 0 aliphatic carbocycles. The average Bonchev–Trinajstić information content (AvgIpc) is 2.19. The monoisotopic (exact) mass is 289 g/mol. The first kappa shape index (κ1) is 11.8. The van der Waals surface area contributed by atoms with Gasteiger partial charge >= 0.3 is 0 Å². The van der Waals surface area contributed by atoms with E-state index in [-0.39, 0.29) is 11.7 Å². The number of piperidine rings is 1. The Bertz CT molecular complexity index is 372. The molecule has 0 radical (unpaired) electrons. The normalized spacial score (nSPS) is 21.2. The zero-order chi connectivity index (χ0) is 11.7. The van der Waals surface area contributed by atoms with Gasteiger partial charge in [0.05, 0.1) is 0 Å². The number of hydrogen-bond acceptors (Lipinski definition) is 1. The zero-order valence-corrected chi connectivity index (χ0v) is 10.7. The molecule has 1 aromatic carbocycles. The van der Waals surface area contributed by atoms with Gasteiger partial charge in [0.25, 0.3) is 0 Å². The van der Waals surface area contributed by atoms with Crippen molar-refractivity contribution in [3.63, 3.8) is 0 Å². The van der Waals surface area contributed by atoms with E-state index in [0.717, 1.165) is 25.8 Å². The first-order chi connectivity index (χ1) is 7.59. The fourth-order valence-electron chi connectivity index (χ4n) is 2.24. The van der Waals surface area contributed by atoms with Crippen LogP contribution in [0, 0.1) is 11.6 Å². The second-order valence-corrected chi connectivity index (χ2v) is 5.17. The minimum absolute atomic E-state index is 0.121. The number of halogens is 3. The van der Waals surface area contributed by atoms with Gasteiger partial charge in [-0.3, -0.25) is 0 Å². The van der Waals surface area contributed by atoms with Crippen molar-refractivity contribution in [2.75, 3.05) is 11.4 Å². The molecular formula is C12H14BrF2N. The van der Waals surface area contributed by atoms with Crippen LogP contribution < -0.4 is 4.90 Å². The lowest BCUT2D eigenvalue weighted by molar-refractivity contribution is 0.464. The Kier molecular flexibility index (Phi) is 3.47. The van der Waals surface area contributed by atoms with Crippen LogP contribution >= 0.6 is 15.9 Å². The van der Waals surface area contributed by atoms with Gasteiger partial charge in [-0.15, -0.1) is 0 Å². The van der Waals surface area contributed by atoms with Crippen LogP contribution in [0.1, 0.15) is 26.2 Å². The molecule has 1 atom stereocenters. The molecule has 1 heterocycles. The third-order valence-electron chi connectivity index (χ3n) is 3.07. The lowest BCUT2D eigenvalue weighted by Crippen LogP contribution is -2.38. The van der Waals surface area contributed by atoms with E-state index >= 15 is 0 Å². The summed E-state index contributed by atoms with van der Waals surface area (Å²) in [5.74, 6) is -0.971. The third-order valence-corrected chi connectivity index (χ3v) is 3.53. The van der Waals surface area contributed by atoms with Crippen LogP contribution in [0.25, 0.3) is 0 Å². The van der Waals surface area contributed by atoms with Crippen LogP contribution in [0.2, 0.25) is 0 Å². The lowest BCUT2D eigenvalue weighted by atomic mass is 10.0. The predicted octanol–water partition coefficient (Wildman–Crippen LogP) is 4.11. The van der Waals surface area contributed by atoms with Gasteiger partial charge in [0.2, 0.25) is 0 Å². The van der Waals surface area contributed by atoms with Crippen LogP contribution in [0.5, 0.6) is 0 Å². The first-order valence-electron chi connectivity index (χ1n) is 5.51. The Morgan fingerprint density at radius 2 is 1.88 bits per heavy atom. The minimum Gasteiger partial charge on any atom is -0.364 e. The number of hydrogen-bond donors (Lipinski definition) is 0. The van der Waals surface area contributed by atoms with Crippen molar-refractivity contribution in [2.45, 2.75) is 32.2 Å². The van der Waals surface area contributed by atoms with Gasteiger partial charge in [0.1, 0.15) is 5.69 Å². The van der Waals surface area contributed by atoms with Gasteiger partial charge in [0.15, 0.2) is 11.6 Å². The van der Waals surface area contributed by atoms with Crippen molar-refractivity contribution in [3.05, 3.63) is 28.2 Å². The predicted molar refractivity (Wildman–Crippen MR) is 64.7 cm³/mol. The highest BCUT2D eigenvalue weighted by atomic mass is 79.9. The van der Waals surface area contributed by atoms with E-state index < -0.39 is 11.6 Å². The highest BCUT2D eigenvalue weighted by Crippen LogP contribution is 2.31. The van der Waals surface area contributed by atoms with Crippen LogP contribution in [-0.2, 0) is 0 Å². The molecule has 1 unspecified atom stereocenters. The second kappa shape index (κ2) is 4.70. The van der Waals surface area contributed by atoms with E-state index in [1.807, 2.05) is 11.8 Å². The van der Waals surface area contributed by atoms with Crippen molar-refractivity contribution in [1.29, 1.82) is 0 Å². The molecule has 1 nitrogen and oxygen atoms in total. The van der Waals surface area contributed by atoms with Crippen molar-refractivity contribution in [1.82, 2.24) is 0 Å². The van der Waals surface area contributed by atoms with Crippen molar-refractivity contribution >= 4 is 21.6 Å². The highest BCUT2D eigenvalue weighted by Gasteiger charge is 2.24. The summed E-state index contributed by atoms with van der Waals surface area (Å²) in [4.78, 5) is 1.83. The topological polar surface area (TPSA) is 3.24 Å².